The third-order valence-corrected chi connectivity index (χ3v) is 6.99. The zero-order valence-corrected chi connectivity index (χ0v) is 21.0. The van der Waals surface area contributed by atoms with Crippen molar-refractivity contribution >= 4 is 33.4 Å². The van der Waals surface area contributed by atoms with Crippen LogP contribution in [0.15, 0.2) is 52.5 Å². The Kier molecular flexibility index (Phi) is 7.70. The Hall–Kier alpha value is -2.68. The highest BCUT2D eigenvalue weighted by molar-refractivity contribution is 9.10. The van der Waals surface area contributed by atoms with Crippen molar-refractivity contribution in [3.05, 3.63) is 69.2 Å². The van der Waals surface area contributed by atoms with Crippen LogP contribution in [0.2, 0.25) is 0 Å². The van der Waals surface area contributed by atoms with Gasteiger partial charge < -0.3 is 24.4 Å². The van der Waals surface area contributed by atoms with E-state index in [-0.39, 0.29) is 5.57 Å². The van der Waals surface area contributed by atoms with Crippen LogP contribution in [0, 0.1) is 6.92 Å². The van der Waals surface area contributed by atoms with E-state index in [1.807, 2.05) is 24.3 Å². The monoisotopic (exact) mass is 528 g/mol. The van der Waals surface area contributed by atoms with Gasteiger partial charge >= 0.3 is 0 Å². The minimum atomic E-state index is -0.719. The highest BCUT2D eigenvalue weighted by Crippen LogP contribution is 2.40. The van der Waals surface area contributed by atoms with Crippen LogP contribution in [0.25, 0.3) is 5.76 Å². The van der Waals surface area contributed by atoms with Crippen LogP contribution in [0.4, 0.5) is 0 Å². The minimum absolute atomic E-state index is 0.00934. The van der Waals surface area contributed by atoms with Gasteiger partial charge in [-0.3, -0.25) is 9.59 Å². The fourth-order valence-corrected chi connectivity index (χ4v) is 5.11. The third kappa shape index (κ3) is 5.04. The number of rotatable bonds is 7. The number of benzene rings is 2. The quantitative estimate of drug-likeness (QED) is 0.332. The van der Waals surface area contributed by atoms with Crippen LogP contribution in [-0.4, -0.2) is 63.1 Å². The van der Waals surface area contributed by atoms with Crippen molar-refractivity contribution in [3.63, 3.8) is 0 Å². The number of ether oxygens (including phenoxy) is 2. The maximum absolute atomic E-state index is 13.7. The van der Waals surface area contributed by atoms with E-state index >= 15 is 0 Å². The molecule has 2 fully saturated rings. The Morgan fingerprint density at radius 2 is 1.97 bits per heavy atom. The number of methoxy groups -OCH3 is 1. The molecule has 0 bridgehead atoms. The number of carbonyl (C=O) groups excluding carboxylic acids is 2. The molecule has 0 saturated carbocycles. The van der Waals surface area contributed by atoms with E-state index in [4.69, 9.17) is 9.47 Å². The summed E-state index contributed by atoms with van der Waals surface area (Å²) in [5.74, 6) is -1.12. The Bertz CT molecular complexity index is 1110. The number of nitrogens with zero attached hydrogens (tertiary/aromatic N) is 1. The summed E-state index contributed by atoms with van der Waals surface area (Å²) in [6, 6.07) is 11.8. The van der Waals surface area contributed by atoms with Gasteiger partial charge in [-0.2, -0.15) is 0 Å². The topological polar surface area (TPSA) is 83.3 Å². The molecule has 0 spiro atoms. The lowest BCUT2D eigenvalue weighted by Crippen LogP contribution is -3.14. The highest BCUT2D eigenvalue weighted by atomic mass is 79.9. The molecule has 1 unspecified atom stereocenters. The van der Waals surface area contributed by atoms with E-state index in [1.165, 1.54) is 4.90 Å². The van der Waals surface area contributed by atoms with E-state index in [9.17, 15) is 14.7 Å². The van der Waals surface area contributed by atoms with Gasteiger partial charge in [-0.25, -0.2) is 0 Å². The second-order valence-corrected chi connectivity index (χ2v) is 9.59. The summed E-state index contributed by atoms with van der Waals surface area (Å²) in [5, 5.41) is 13.7. The number of morpholine rings is 1. The second-order valence-electron chi connectivity index (χ2n) is 8.67. The number of amides is 1. The molecule has 2 saturated heterocycles. The summed E-state index contributed by atoms with van der Waals surface area (Å²) >= 11 is 3.48. The Balaban J connectivity index is 1.70. The van der Waals surface area contributed by atoms with Crippen LogP contribution < -0.4 is 14.7 Å². The van der Waals surface area contributed by atoms with Gasteiger partial charge in [0.1, 0.15) is 18.8 Å². The first-order valence-electron chi connectivity index (χ1n) is 11.5. The smallest absolute Gasteiger partial charge is 0.295 e. The van der Waals surface area contributed by atoms with E-state index in [0.29, 0.717) is 23.4 Å². The van der Waals surface area contributed by atoms with Crippen molar-refractivity contribution in [2.75, 3.05) is 46.5 Å². The maximum atomic E-state index is 13.7. The van der Waals surface area contributed by atoms with Crippen LogP contribution in [-0.2, 0) is 14.3 Å². The van der Waals surface area contributed by atoms with Crippen molar-refractivity contribution in [2.24, 2.45) is 0 Å². The SMILES string of the molecule is COc1ccc(C([O-])=C2C(=O)C(=O)N(CCC[NH+]3CCOCC3)C2c2cccc(Br)c2)c(C)c1. The first-order valence-corrected chi connectivity index (χ1v) is 12.3. The number of hydrogen-bond donors (Lipinski definition) is 1. The molecule has 180 valence electrons. The summed E-state index contributed by atoms with van der Waals surface area (Å²) in [6.45, 7) is 6.45. The predicted molar refractivity (Wildman–Crippen MR) is 129 cm³/mol. The number of ketones is 1. The lowest BCUT2D eigenvalue weighted by Gasteiger charge is -2.29. The maximum Gasteiger partial charge on any atom is 0.295 e. The number of nitrogens with one attached hydrogen (secondary N) is 1. The lowest BCUT2D eigenvalue weighted by atomic mass is 9.94. The Morgan fingerprint density at radius 3 is 2.65 bits per heavy atom. The number of quaternary nitrogens is 1. The van der Waals surface area contributed by atoms with Crippen molar-refractivity contribution in [2.45, 2.75) is 19.4 Å². The zero-order valence-electron chi connectivity index (χ0n) is 19.4. The fraction of sp³-hybridized carbons (Fsp3) is 0.385. The van der Waals surface area contributed by atoms with Gasteiger partial charge in [-0.05, 0) is 47.9 Å². The zero-order chi connectivity index (χ0) is 24.2. The van der Waals surface area contributed by atoms with Crippen LogP contribution in [0.3, 0.4) is 0 Å². The molecule has 7 nitrogen and oxygen atoms in total. The molecule has 2 aromatic rings. The molecule has 2 heterocycles. The second kappa shape index (κ2) is 10.7. The molecule has 0 aromatic heterocycles. The van der Waals surface area contributed by atoms with Crippen LogP contribution in [0.5, 0.6) is 5.75 Å². The molecule has 1 N–H and O–H groups in total. The molecule has 1 amide bonds. The molecular weight excluding hydrogens is 500 g/mol. The molecule has 1 atom stereocenters. The average Bonchev–Trinajstić information content (AvgIpc) is 3.09. The Morgan fingerprint density at radius 1 is 1.21 bits per heavy atom. The van der Waals surface area contributed by atoms with Gasteiger partial charge in [0.25, 0.3) is 5.91 Å². The van der Waals surface area contributed by atoms with Crippen molar-refractivity contribution in [1.29, 1.82) is 0 Å². The van der Waals surface area contributed by atoms with E-state index in [2.05, 4.69) is 15.9 Å². The lowest BCUT2D eigenvalue weighted by molar-refractivity contribution is -0.908. The number of halogens is 1. The molecule has 34 heavy (non-hydrogen) atoms. The van der Waals surface area contributed by atoms with Gasteiger partial charge in [-0.15, -0.1) is 0 Å². The van der Waals surface area contributed by atoms with Crippen LogP contribution >= 0.6 is 15.9 Å². The first kappa shape index (κ1) is 24.4. The Labute approximate surface area is 208 Å². The van der Waals surface area contributed by atoms with Crippen molar-refractivity contribution < 1.29 is 29.1 Å². The molecule has 2 aliphatic rings. The molecule has 4 rings (SSSR count). The van der Waals surface area contributed by atoms with Crippen LogP contribution in [0.1, 0.15) is 29.2 Å². The van der Waals surface area contributed by atoms with E-state index in [0.717, 1.165) is 49.3 Å². The van der Waals surface area contributed by atoms with Gasteiger partial charge in [0.05, 0.1) is 32.9 Å². The largest absolute Gasteiger partial charge is 0.872 e. The summed E-state index contributed by atoms with van der Waals surface area (Å²) in [6.07, 6.45) is 0.738. The fourth-order valence-electron chi connectivity index (χ4n) is 4.70. The minimum Gasteiger partial charge on any atom is -0.872 e. The van der Waals surface area contributed by atoms with Gasteiger partial charge in [-0.1, -0.05) is 39.9 Å². The predicted octanol–water partition coefficient (Wildman–Crippen LogP) is 1.30. The summed E-state index contributed by atoms with van der Waals surface area (Å²) in [7, 11) is 1.56. The normalized spacial score (nSPS) is 20.7. The first-order chi connectivity index (χ1) is 16.4. The third-order valence-electron chi connectivity index (χ3n) is 6.50. The summed E-state index contributed by atoms with van der Waals surface area (Å²) < 4.78 is 11.5. The number of aryl methyl sites for hydroxylation is 1. The molecule has 0 aliphatic carbocycles. The van der Waals surface area contributed by atoms with Gasteiger partial charge in [0.2, 0.25) is 5.78 Å². The molecule has 2 aliphatic heterocycles. The molecule has 0 radical (unpaired) electrons. The van der Waals surface area contributed by atoms with Gasteiger partial charge in [0.15, 0.2) is 0 Å². The molecule has 2 aromatic carbocycles. The van der Waals surface area contributed by atoms with E-state index in [1.54, 1.807) is 37.1 Å². The highest BCUT2D eigenvalue weighted by Gasteiger charge is 2.44. The summed E-state index contributed by atoms with van der Waals surface area (Å²) in [5.41, 5.74) is 1.84. The molecular formula is C26H29BrN2O5. The number of carbonyl (C=O) groups is 2. The standard InChI is InChI=1S/C26H29BrN2O5/c1-17-15-20(33-2)7-8-21(17)24(30)22-23(18-5-3-6-19(27)16-18)29(26(32)25(22)31)10-4-9-28-11-13-34-14-12-28/h3,5-8,15-16,23,30H,4,9-14H2,1-2H3. The number of hydrogen-bond acceptors (Lipinski definition) is 5. The average molecular weight is 529 g/mol. The molecule has 8 heteroatoms. The summed E-state index contributed by atoms with van der Waals surface area (Å²) in [4.78, 5) is 29.3. The number of likely N-dealkylation sites (tertiary alicyclic amines) is 1. The van der Waals surface area contributed by atoms with E-state index < -0.39 is 23.5 Å². The van der Waals surface area contributed by atoms with Crippen molar-refractivity contribution in [3.8, 4) is 5.75 Å². The van der Waals surface area contributed by atoms with Gasteiger partial charge in [0, 0.05) is 23.0 Å². The van der Waals surface area contributed by atoms with Crippen molar-refractivity contribution in [1.82, 2.24) is 4.90 Å². The number of Topliss-reactive ketones (excluding diaryl/α,β-unsaturated/α-hetero) is 1.